The highest BCUT2D eigenvalue weighted by Gasteiger charge is 2.23. The van der Waals surface area contributed by atoms with Crippen LogP contribution in [-0.2, 0) is 16.4 Å². The molecular weight excluding hydrogens is 400 g/mol. The van der Waals surface area contributed by atoms with Gasteiger partial charge in [0, 0.05) is 24.7 Å². The molecule has 0 unspecified atom stereocenters. The Bertz CT molecular complexity index is 1160. The lowest BCUT2D eigenvalue weighted by molar-refractivity contribution is 0.563. The lowest BCUT2D eigenvalue weighted by atomic mass is 10.0. The van der Waals surface area contributed by atoms with Gasteiger partial charge in [-0.3, -0.25) is 4.72 Å². The van der Waals surface area contributed by atoms with Gasteiger partial charge >= 0.3 is 0 Å². The van der Waals surface area contributed by atoms with Gasteiger partial charge in [-0.05, 0) is 43.4 Å². The minimum absolute atomic E-state index is 0.0785. The van der Waals surface area contributed by atoms with E-state index in [1.54, 1.807) is 6.20 Å². The monoisotopic (exact) mass is 421 g/mol. The Kier molecular flexibility index (Phi) is 5.12. The molecule has 0 radical (unpaired) electrons. The van der Waals surface area contributed by atoms with Crippen LogP contribution in [-0.4, -0.2) is 35.7 Å². The third kappa shape index (κ3) is 4.16. The predicted molar refractivity (Wildman–Crippen MR) is 107 cm³/mol. The SMILES string of the molecule is CCS(=O)(=O)Nc1ccc(F)c(Cc2c[nH]c3ncnc(NCC4CC4)c23)c1F. The maximum Gasteiger partial charge on any atom is 0.232 e. The van der Waals surface area contributed by atoms with Gasteiger partial charge in [0.2, 0.25) is 10.0 Å². The smallest absolute Gasteiger partial charge is 0.232 e. The molecule has 0 spiro atoms. The van der Waals surface area contributed by atoms with Crippen LogP contribution in [0, 0.1) is 17.6 Å². The lowest BCUT2D eigenvalue weighted by Crippen LogP contribution is -2.16. The van der Waals surface area contributed by atoms with Gasteiger partial charge in [0.25, 0.3) is 0 Å². The highest BCUT2D eigenvalue weighted by atomic mass is 32.2. The first-order valence-electron chi connectivity index (χ1n) is 9.40. The summed E-state index contributed by atoms with van der Waals surface area (Å²) in [4.78, 5) is 11.5. The first-order chi connectivity index (χ1) is 13.9. The van der Waals surface area contributed by atoms with E-state index in [1.165, 1.54) is 26.1 Å². The van der Waals surface area contributed by atoms with Crippen LogP contribution in [0.3, 0.4) is 0 Å². The van der Waals surface area contributed by atoms with Gasteiger partial charge in [0.15, 0.2) is 5.82 Å². The standard InChI is InChI=1S/C19H21F2N5O2S/c1-2-29(27,28)26-15-6-5-14(20)13(17(15)21)7-12-9-23-19-16(12)18(24-10-25-19)22-8-11-3-4-11/h5-6,9-11,26H,2-4,7-8H2,1H3,(H2,22,23,24,25). The Labute approximate surface area is 167 Å². The fourth-order valence-electron chi connectivity index (χ4n) is 3.13. The largest absolute Gasteiger partial charge is 0.369 e. The first kappa shape index (κ1) is 19.6. The number of benzene rings is 1. The Balaban J connectivity index is 1.69. The summed E-state index contributed by atoms with van der Waals surface area (Å²) in [6.07, 6.45) is 5.35. The third-order valence-corrected chi connectivity index (χ3v) is 6.30. The van der Waals surface area contributed by atoms with Gasteiger partial charge in [-0.15, -0.1) is 0 Å². The van der Waals surface area contributed by atoms with E-state index >= 15 is 0 Å². The molecule has 1 aliphatic rings. The molecule has 0 aliphatic heterocycles. The second kappa shape index (κ2) is 7.58. The van der Waals surface area contributed by atoms with Crippen molar-refractivity contribution in [2.24, 2.45) is 5.92 Å². The molecule has 1 saturated carbocycles. The minimum atomic E-state index is -3.69. The average Bonchev–Trinajstić information content (AvgIpc) is 3.44. The molecule has 0 amide bonds. The summed E-state index contributed by atoms with van der Waals surface area (Å²) in [5.74, 6) is -0.654. The number of aromatic nitrogens is 3. The molecule has 4 rings (SSSR count). The number of fused-ring (bicyclic) bond motifs is 1. The summed E-state index contributed by atoms with van der Waals surface area (Å²) in [5.41, 5.74) is 0.690. The molecule has 1 fully saturated rings. The van der Waals surface area contributed by atoms with E-state index in [4.69, 9.17) is 0 Å². The van der Waals surface area contributed by atoms with Crippen molar-refractivity contribution in [2.75, 3.05) is 22.3 Å². The van der Waals surface area contributed by atoms with Gasteiger partial charge in [-0.2, -0.15) is 0 Å². The molecular formula is C19H21F2N5O2S. The van der Waals surface area contributed by atoms with Crippen molar-refractivity contribution in [1.29, 1.82) is 0 Å². The number of H-pyrrole nitrogens is 1. The first-order valence-corrected chi connectivity index (χ1v) is 11.1. The molecule has 7 nitrogen and oxygen atoms in total. The van der Waals surface area contributed by atoms with Crippen LogP contribution in [0.15, 0.2) is 24.7 Å². The zero-order valence-electron chi connectivity index (χ0n) is 15.8. The number of anilines is 2. The van der Waals surface area contributed by atoms with Crippen LogP contribution in [0.2, 0.25) is 0 Å². The van der Waals surface area contributed by atoms with E-state index in [-0.39, 0.29) is 23.4 Å². The van der Waals surface area contributed by atoms with E-state index < -0.39 is 21.7 Å². The van der Waals surface area contributed by atoms with Crippen molar-refractivity contribution in [1.82, 2.24) is 15.0 Å². The zero-order chi connectivity index (χ0) is 20.6. The Morgan fingerprint density at radius 3 is 2.76 bits per heavy atom. The molecule has 0 saturated heterocycles. The van der Waals surface area contributed by atoms with Crippen LogP contribution < -0.4 is 10.0 Å². The van der Waals surface area contributed by atoms with E-state index in [0.717, 1.165) is 18.7 Å². The molecule has 3 aromatic rings. The van der Waals surface area contributed by atoms with Crippen LogP contribution in [0.4, 0.5) is 20.3 Å². The van der Waals surface area contributed by atoms with Gasteiger partial charge < -0.3 is 10.3 Å². The van der Waals surface area contributed by atoms with Gasteiger partial charge in [0.1, 0.15) is 23.6 Å². The van der Waals surface area contributed by atoms with Crippen molar-refractivity contribution in [3.05, 3.63) is 47.4 Å². The predicted octanol–water partition coefficient (Wildman–Crippen LogP) is 3.41. The second-order valence-electron chi connectivity index (χ2n) is 7.15. The fraction of sp³-hybridized carbons (Fsp3) is 0.368. The molecule has 0 atom stereocenters. The highest BCUT2D eigenvalue weighted by Crippen LogP contribution is 2.32. The maximum atomic E-state index is 14.9. The number of nitrogens with zero attached hydrogens (tertiary/aromatic N) is 2. The number of hydrogen-bond donors (Lipinski definition) is 3. The van der Waals surface area contributed by atoms with Gasteiger partial charge in [0.05, 0.1) is 16.8 Å². The third-order valence-electron chi connectivity index (χ3n) is 5.01. The molecule has 3 N–H and O–H groups in total. The number of sulfonamides is 1. The Morgan fingerprint density at radius 2 is 2.03 bits per heavy atom. The second-order valence-corrected chi connectivity index (χ2v) is 9.16. The topological polar surface area (TPSA) is 99.8 Å². The van der Waals surface area contributed by atoms with Crippen molar-refractivity contribution >= 4 is 32.6 Å². The summed E-state index contributed by atoms with van der Waals surface area (Å²) in [6.45, 7) is 2.22. The number of nitrogens with one attached hydrogen (secondary N) is 3. The van der Waals surface area contributed by atoms with E-state index in [2.05, 4.69) is 25.0 Å². The Morgan fingerprint density at radius 1 is 1.24 bits per heavy atom. The van der Waals surface area contributed by atoms with Crippen LogP contribution in [0.25, 0.3) is 11.0 Å². The lowest BCUT2D eigenvalue weighted by Gasteiger charge is -2.12. The van der Waals surface area contributed by atoms with E-state index in [0.29, 0.717) is 28.3 Å². The molecule has 29 heavy (non-hydrogen) atoms. The van der Waals surface area contributed by atoms with Crippen LogP contribution in [0.5, 0.6) is 0 Å². The summed E-state index contributed by atoms with van der Waals surface area (Å²) < 4.78 is 55.1. The fourth-order valence-corrected chi connectivity index (χ4v) is 3.77. The maximum absolute atomic E-state index is 14.9. The zero-order valence-corrected chi connectivity index (χ0v) is 16.6. The van der Waals surface area contributed by atoms with Crippen molar-refractivity contribution < 1.29 is 17.2 Å². The molecule has 10 heteroatoms. The number of halogens is 2. The van der Waals surface area contributed by atoms with E-state index in [1.807, 2.05) is 0 Å². The van der Waals surface area contributed by atoms with Gasteiger partial charge in [-0.1, -0.05) is 0 Å². The number of aromatic amines is 1. The molecule has 2 heterocycles. The Hall–Kier alpha value is -2.75. The van der Waals surface area contributed by atoms with E-state index in [9.17, 15) is 17.2 Å². The summed E-state index contributed by atoms with van der Waals surface area (Å²) in [5, 5.41) is 3.96. The van der Waals surface area contributed by atoms with Crippen molar-refractivity contribution in [2.45, 2.75) is 26.2 Å². The quantitative estimate of drug-likeness (QED) is 0.518. The molecule has 154 valence electrons. The molecule has 1 aliphatic carbocycles. The number of hydrogen-bond acceptors (Lipinski definition) is 5. The van der Waals surface area contributed by atoms with Crippen LogP contribution >= 0.6 is 0 Å². The highest BCUT2D eigenvalue weighted by molar-refractivity contribution is 7.92. The summed E-state index contributed by atoms with van der Waals surface area (Å²) in [6, 6.07) is 2.14. The molecule has 2 aromatic heterocycles. The number of rotatable bonds is 8. The molecule has 1 aromatic carbocycles. The van der Waals surface area contributed by atoms with Gasteiger partial charge in [-0.25, -0.2) is 27.2 Å². The molecule has 0 bridgehead atoms. The van der Waals surface area contributed by atoms with Crippen LogP contribution in [0.1, 0.15) is 30.9 Å². The normalized spacial score (nSPS) is 14.3. The average molecular weight is 421 g/mol. The summed E-state index contributed by atoms with van der Waals surface area (Å²) in [7, 11) is -3.69. The van der Waals surface area contributed by atoms with Crippen molar-refractivity contribution in [3.8, 4) is 0 Å². The van der Waals surface area contributed by atoms with Crippen molar-refractivity contribution in [3.63, 3.8) is 0 Å². The summed E-state index contributed by atoms with van der Waals surface area (Å²) >= 11 is 0. The minimum Gasteiger partial charge on any atom is -0.369 e.